The number of aromatic nitrogens is 1. The van der Waals surface area contributed by atoms with Gasteiger partial charge in [0.25, 0.3) is 0 Å². The van der Waals surface area contributed by atoms with Crippen LogP contribution in [0.2, 0.25) is 5.02 Å². The first kappa shape index (κ1) is 13.9. The van der Waals surface area contributed by atoms with Gasteiger partial charge in [-0.1, -0.05) is 33.6 Å². The Balaban J connectivity index is 2.18. The Morgan fingerprint density at radius 3 is 2.72 bits per heavy atom. The van der Waals surface area contributed by atoms with E-state index in [-0.39, 0.29) is 5.38 Å². The van der Waals surface area contributed by atoms with E-state index in [1.165, 1.54) is 0 Å². The Hall–Kier alpha value is -0.570. The van der Waals surface area contributed by atoms with Crippen molar-refractivity contribution in [2.45, 2.75) is 18.7 Å². The Morgan fingerprint density at radius 2 is 2.06 bits per heavy atom. The highest BCUT2D eigenvalue weighted by atomic mass is 79.9. The smallest absolute Gasteiger partial charge is 0.0655 e. The summed E-state index contributed by atoms with van der Waals surface area (Å²) in [6.45, 7) is 2.01. The van der Waals surface area contributed by atoms with E-state index in [1.807, 2.05) is 43.5 Å². The van der Waals surface area contributed by atoms with Crippen LogP contribution in [-0.2, 0) is 6.42 Å². The fourth-order valence-electron chi connectivity index (χ4n) is 1.67. The number of benzene rings is 1. The van der Waals surface area contributed by atoms with Crippen LogP contribution in [0.15, 0.2) is 41.0 Å². The molecule has 0 saturated heterocycles. The highest BCUT2D eigenvalue weighted by Gasteiger charge is 2.13. The van der Waals surface area contributed by atoms with Gasteiger partial charge in [0.05, 0.1) is 5.38 Å². The van der Waals surface area contributed by atoms with Gasteiger partial charge in [0.15, 0.2) is 0 Å². The summed E-state index contributed by atoms with van der Waals surface area (Å²) in [4.78, 5) is 4.36. The molecule has 4 heteroatoms. The monoisotopic (exact) mass is 343 g/mol. The van der Waals surface area contributed by atoms with Gasteiger partial charge in [0.1, 0.15) is 0 Å². The summed E-state index contributed by atoms with van der Waals surface area (Å²) in [5, 5.41) is 0.510. The van der Waals surface area contributed by atoms with Gasteiger partial charge in [-0.05, 0) is 42.3 Å². The lowest BCUT2D eigenvalue weighted by Crippen LogP contribution is -1.99. The zero-order valence-electron chi connectivity index (χ0n) is 9.83. The zero-order chi connectivity index (χ0) is 13.1. The van der Waals surface area contributed by atoms with Crippen LogP contribution in [0.25, 0.3) is 0 Å². The molecule has 1 nitrogen and oxygen atoms in total. The van der Waals surface area contributed by atoms with Crippen molar-refractivity contribution in [3.05, 3.63) is 62.8 Å². The lowest BCUT2D eigenvalue weighted by Gasteiger charge is -2.12. The van der Waals surface area contributed by atoms with Gasteiger partial charge in [-0.2, -0.15) is 0 Å². The van der Waals surface area contributed by atoms with Crippen molar-refractivity contribution in [1.29, 1.82) is 0 Å². The van der Waals surface area contributed by atoms with E-state index in [2.05, 4.69) is 20.9 Å². The Labute approximate surface area is 125 Å². The first-order valence-corrected chi connectivity index (χ1v) is 7.17. The minimum atomic E-state index is -0.176. The fourth-order valence-corrected chi connectivity index (χ4v) is 2.69. The molecule has 0 bridgehead atoms. The van der Waals surface area contributed by atoms with Crippen LogP contribution in [0.4, 0.5) is 0 Å². The van der Waals surface area contributed by atoms with Gasteiger partial charge in [0.2, 0.25) is 0 Å². The maximum absolute atomic E-state index is 6.41. The van der Waals surface area contributed by atoms with Crippen LogP contribution in [-0.4, -0.2) is 4.98 Å². The normalized spacial score (nSPS) is 12.4. The number of nitrogens with zero attached hydrogens (tertiary/aromatic N) is 1. The SMILES string of the molecule is Cc1ccc(CC(Cl)c2cc(Br)ccc2Cl)nc1. The highest BCUT2D eigenvalue weighted by Crippen LogP contribution is 2.32. The summed E-state index contributed by atoms with van der Waals surface area (Å²) in [7, 11) is 0. The van der Waals surface area contributed by atoms with Crippen LogP contribution in [0.3, 0.4) is 0 Å². The van der Waals surface area contributed by atoms with Gasteiger partial charge in [-0.15, -0.1) is 11.6 Å². The molecule has 0 aliphatic heterocycles. The molecular weight excluding hydrogens is 333 g/mol. The molecule has 2 rings (SSSR count). The third kappa shape index (κ3) is 3.47. The van der Waals surface area contributed by atoms with Crippen molar-refractivity contribution < 1.29 is 0 Å². The summed E-state index contributed by atoms with van der Waals surface area (Å²) >= 11 is 16.0. The fraction of sp³-hybridized carbons (Fsp3) is 0.214. The Bertz CT molecular complexity index is 540. The second-order valence-electron chi connectivity index (χ2n) is 4.16. The summed E-state index contributed by atoms with van der Waals surface area (Å²) in [6.07, 6.45) is 2.51. The largest absolute Gasteiger partial charge is 0.261 e. The molecule has 0 aliphatic carbocycles. The first-order valence-electron chi connectivity index (χ1n) is 5.57. The number of rotatable bonds is 3. The quantitative estimate of drug-likeness (QED) is 0.686. The maximum Gasteiger partial charge on any atom is 0.0655 e. The van der Waals surface area contributed by atoms with Crippen molar-refractivity contribution in [3.8, 4) is 0 Å². The van der Waals surface area contributed by atoms with Crippen LogP contribution >= 0.6 is 39.1 Å². The summed E-state index contributed by atoms with van der Waals surface area (Å²) in [5.74, 6) is 0. The van der Waals surface area contributed by atoms with Gasteiger partial charge >= 0.3 is 0 Å². The van der Waals surface area contributed by atoms with Crippen molar-refractivity contribution in [1.82, 2.24) is 4.98 Å². The molecule has 18 heavy (non-hydrogen) atoms. The van der Waals surface area contributed by atoms with Crippen LogP contribution in [0.5, 0.6) is 0 Å². The molecule has 2 aromatic rings. The third-order valence-corrected chi connectivity index (χ3v) is 3.88. The number of halogens is 3. The molecule has 94 valence electrons. The third-order valence-electron chi connectivity index (χ3n) is 2.66. The number of aryl methyl sites for hydroxylation is 1. The molecule has 0 amide bonds. The maximum atomic E-state index is 6.41. The lowest BCUT2D eigenvalue weighted by molar-refractivity contribution is 0.878. The molecule has 0 fully saturated rings. The van der Waals surface area contributed by atoms with Gasteiger partial charge < -0.3 is 0 Å². The average molecular weight is 345 g/mol. The number of alkyl halides is 1. The van der Waals surface area contributed by atoms with E-state index in [1.54, 1.807) is 0 Å². The minimum Gasteiger partial charge on any atom is -0.261 e. The molecule has 0 spiro atoms. The summed E-state index contributed by atoms with van der Waals surface area (Å²) in [5.41, 5.74) is 3.04. The predicted octanol–water partition coefficient (Wildman–Crippen LogP) is 5.33. The molecule has 1 heterocycles. The van der Waals surface area contributed by atoms with Gasteiger partial charge in [-0.25, -0.2) is 0 Å². The van der Waals surface area contributed by atoms with E-state index in [0.29, 0.717) is 11.4 Å². The molecule has 1 aromatic carbocycles. The number of hydrogen-bond donors (Lipinski definition) is 0. The number of pyridine rings is 1. The second-order valence-corrected chi connectivity index (χ2v) is 6.01. The summed E-state index contributed by atoms with van der Waals surface area (Å²) in [6, 6.07) is 9.73. The molecular formula is C14H12BrCl2N. The van der Waals surface area contributed by atoms with E-state index >= 15 is 0 Å². The van der Waals surface area contributed by atoms with Crippen LogP contribution < -0.4 is 0 Å². The van der Waals surface area contributed by atoms with Crippen LogP contribution in [0, 0.1) is 6.92 Å². The first-order chi connectivity index (χ1) is 8.56. The standard InChI is InChI=1S/C14H12BrCl2N/c1-9-2-4-11(18-8-9)7-14(17)12-6-10(15)3-5-13(12)16/h2-6,8,14H,7H2,1H3. The number of hydrogen-bond acceptors (Lipinski definition) is 1. The average Bonchev–Trinajstić information content (AvgIpc) is 2.35. The topological polar surface area (TPSA) is 12.9 Å². The minimum absolute atomic E-state index is 0.176. The molecule has 0 N–H and O–H groups in total. The molecule has 0 saturated carbocycles. The van der Waals surface area contributed by atoms with E-state index in [4.69, 9.17) is 23.2 Å². The van der Waals surface area contributed by atoms with E-state index in [0.717, 1.165) is 21.3 Å². The lowest BCUT2D eigenvalue weighted by atomic mass is 10.1. The Kier molecular flexibility index (Phi) is 4.66. The highest BCUT2D eigenvalue weighted by molar-refractivity contribution is 9.10. The molecule has 1 unspecified atom stereocenters. The Morgan fingerprint density at radius 1 is 1.28 bits per heavy atom. The second kappa shape index (κ2) is 6.05. The summed E-state index contributed by atoms with van der Waals surface area (Å²) < 4.78 is 0.976. The molecule has 1 aromatic heterocycles. The predicted molar refractivity (Wildman–Crippen MR) is 80.4 cm³/mol. The van der Waals surface area contributed by atoms with Gasteiger partial charge in [-0.3, -0.25) is 4.98 Å². The van der Waals surface area contributed by atoms with Crippen molar-refractivity contribution in [3.63, 3.8) is 0 Å². The molecule has 1 atom stereocenters. The van der Waals surface area contributed by atoms with E-state index < -0.39 is 0 Å². The zero-order valence-corrected chi connectivity index (χ0v) is 12.9. The van der Waals surface area contributed by atoms with Crippen molar-refractivity contribution in [2.24, 2.45) is 0 Å². The van der Waals surface area contributed by atoms with Crippen LogP contribution in [0.1, 0.15) is 22.2 Å². The molecule has 0 aliphatic rings. The van der Waals surface area contributed by atoms with Crippen molar-refractivity contribution >= 4 is 39.1 Å². The van der Waals surface area contributed by atoms with E-state index in [9.17, 15) is 0 Å². The van der Waals surface area contributed by atoms with Gasteiger partial charge in [0, 0.05) is 27.8 Å². The van der Waals surface area contributed by atoms with Crippen molar-refractivity contribution in [2.75, 3.05) is 0 Å². The molecule has 0 radical (unpaired) electrons.